The van der Waals surface area contributed by atoms with Crippen molar-refractivity contribution in [3.8, 4) is 5.75 Å². The number of aliphatic carboxylic acids is 1. The lowest BCUT2D eigenvalue weighted by atomic mass is 10.0. The van der Waals surface area contributed by atoms with Crippen molar-refractivity contribution >= 4 is 17.6 Å². The van der Waals surface area contributed by atoms with E-state index in [9.17, 15) is 4.79 Å². The number of carboxylic acid groups (broad SMARTS) is 1. The molecule has 1 aliphatic rings. The van der Waals surface area contributed by atoms with Crippen molar-refractivity contribution in [1.82, 2.24) is 0 Å². The topological polar surface area (TPSA) is 46.5 Å². The maximum absolute atomic E-state index is 10.4. The van der Waals surface area contributed by atoms with Crippen LogP contribution in [0.1, 0.15) is 17.5 Å². The second-order valence-corrected chi connectivity index (χ2v) is 3.97. The summed E-state index contributed by atoms with van der Waals surface area (Å²) in [5.41, 5.74) is 2.05. The standard InChI is InChI=1S/C11H11ClO3/c12-9-6-7(1-2-10(13)14)5-8-3-4-15-11(8)9/h5-6H,1-4H2,(H,13,14). The van der Waals surface area contributed by atoms with Crippen LogP contribution in [0.15, 0.2) is 12.1 Å². The molecule has 0 aromatic heterocycles. The van der Waals surface area contributed by atoms with E-state index in [1.807, 2.05) is 6.07 Å². The van der Waals surface area contributed by atoms with E-state index in [2.05, 4.69) is 0 Å². The maximum Gasteiger partial charge on any atom is 0.303 e. The van der Waals surface area contributed by atoms with Crippen molar-refractivity contribution in [1.29, 1.82) is 0 Å². The number of aryl methyl sites for hydroxylation is 1. The molecular weight excluding hydrogens is 216 g/mol. The van der Waals surface area contributed by atoms with E-state index in [1.54, 1.807) is 6.07 Å². The summed E-state index contributed by atoms with van der Waals surface area (Å²) in [5.74, 6) is -0.0291. The third kappa shape index (κ3) is 2.23. The molecule has 2 rings (SSSR count). The average molecular weight is 227 g/mol. The summed E-state index contributed by atoms with van der Waals surface area (Å²) in [6.07, 6.45) is 1.51. The number of hydrogen-bond acceptors (Lipinski definition) is 2. The van der Waals surface area contributed by atoms with Gasteiger partial charge in [0, 0.05) is 12.8 Å². The number of rotatable bonds is 3. The summed E-state index contributed by atoms with van der Waals surface area (Å²) in [7, 11) is 0. The molecule has 0 unspecified atom stereocenters. The summed E-state index contributed by atoms with van der Waals surface area (Å²) in [5, 5.41) is 9.17. The molecule has 80 valence electrons. The molecule has 0 saturated heterocycles. The molecule has 1 heterocycles. The average Bonchev–Trinajstić information content (AvgIpc) is 2.63. The Labute approximate surface area is 92.6 Å². The number of fused-ring (bicyclic) bond motifs is 1. The zero-order valence-corrected chi connectivity index (χ0v) is 8.88. The smallest absolute Gasteiger partial charge is 0.303 e. The lowest BCUT2D eigenvalue weighted by Gasteiger charge is -2.05. The van der Waals surface area contributed by atoms with Gasteiger partial charge >= 0.3 is 5.97 Å². The fraction of sp³-hybridized carbons (Fsp3) is 0.364. The second-order valence-electron chi connectivity index (χ2n) is 3.56. The van der Waals surface area contributed by atoms with Gasteiger partial charge in [-0.2, -0.15) is 0 Å². The van der Waals surface area contributed by atoms with Crippen molar-refractivity contribution in [3.05, 3.63) is 28.3 Å². The minimum atomic E-state index is -0.789. The van der Waals surface area contributed by atoms with Gasteiger partial charge in [-0.3, -0.25) is 4.79 Å². The Kier molecular flexibility index (Phi) is 2.82. The molecule has 0 radical (unpaired) electrons. The van der Waals surface area contributed by atoms with Gasteiger partial charge in [-0.15, -0.1) is 0 Å². The van der Waals surface area contributed by atoms with E-state index in [-0.39, 0.29) is 6.42 Å². The maximum atomic E-state index is 10.4. The third-order valence-corrected chi connectivity index (χ3v) is 2.71. The fourth-order valence-electron chi connectivity index (χ4n) is 1.72. The van der Waals surface area contributed by atoms with Crippen molar-refractivity contribution < 1.29 is 14.6 Å². The molecule has 0 spiro atoms. The van der Waals surface area contributed by atoms with Crippen molar-refractivity contribution in [2.75, 3.05) is 6.61 Å². The van der Waals surface area contributed by atoms with E-state index >= 15 is 0 Å². The molecule has 0 aliphatic carbocycles. The Hall–Kier alpha value is -1.22. The van der Waals surface area contributed by atoms with Crippen LogP contribution in [0, 0.1) is 0 Å². The summed E-state index contributed by atoms with van der Waals surface area (Å²) in [6, 6.07) is 3.77. The van der Waals surface area contributed by atoms with Gasteiger partial charge < -0.3 is 9.84 Å². The number of benzene rings is 1. The predicted molar refractivity (Wildman–Crippen MR) is 56.6 cm³/mol. The zero-order valence-electron chi connectivity index (χ0n) is 8.12. The fourth-order valence-corrected chi connectivity index (χ4v) is 2.03. The van der Waals surface area contributed by atoms with Gasteiger partial charge in [-0.05, 0) is 23.6 Å². The van der Waals surface area contributed by atoms with Crippen LogP contribution >= 0.6 is 11.6 Å². The van der Waals surface area contributed by atoms with Crippen LogP contribution in [0.5, 0.6) is 5.75 Å². The highest BCUT2D eigenvalue weighted by molar-refractivity contribution is 6.32. The number of halogens is 1. The Balaban J connectivity index is 2.20. The zero-order chi connectivity index (χ0) is 10.8. The van der Waals surface area contributed by atoms with Gasteiger partial charge in [0.25, 0.3) is 0 Å². The van der Waals surface area contributed by atoms with Gasteiger partial charge in [-0.25, -0.2) is 0 Å². The number of ether oxygens (including phenoxy) is 1. The Morgan fingerprint density at radius 3 is 3.07 bits per heavy atom. The highest BCUT2D eigenvalue weighted by atomic mass is 35.5. The Morgan fingerprint density at radius 2 is 2.33 bits per heavy atom. The van der Waals surface area contributed by atoms with Crippen LogP contribution in [0.4, 0.5) is 0 Å². The van der Waals surface area contributed by atoms with E-state index in [1.165, 1.54) is 0 Å². The molecule has 0 fully saturated rings. The lowest BCUT2D eigenvalue weighted by Crippen LogP contribution is -1.97. The third-order valence-electron chi connectivity index (χ3n) is 2.43. The molecule has 4 heteroatoms. The van der Waals surface area contributed by atoms with Gasteiger partial charge in [-0.1, -0.05) is 17.7 Å². The van der Waals surface area contributed by atoms with E-state index in [0.717, 1.165) is 23.3 Å². The highest BCUT2D eigenvalue weighted by Crippen LogP contribution is 2.34. The molecule has 0 saturated carbocycles. The predicted octanol–water partition coefficient (Wildman–Crippen LogP) is 2.29. The first-order valence-corrected chi connectivity index (χ1v) is 5.20. The van der Waals surface area contributed by atoms with Crippen molar-refractivity contribution in [3.63, 3.8) is 0 Å². The SMILES string of the molecule is O=C(O)CCc1cc(Cl)c2c(c1)CCO2. The Morgan fingerprint density at radius 1 is 1.53 bits per heavy atom. The first-order chi connectivity index (χ1) is 7.16. The minimum absolute atomic E-state index is 0.135. The first-order valence-electron chi connectivity index (χ1n) is 4.82. The molecule has 15 heavy (non-hydrogen) atoms. The molecule has 1 aliphatic heterocycles. The normalized spacial score (nSPS) is 13.4. The molecule has 3 nitrogen and oxygen atoms in total. The molecule has 1 N–H and O–H groups in total. The van der Waals surface area contributed by atoms with Crippen LogP contribution in [-0.4, -0.2) is 17.7 Å². The molecule has 1 aromatic rings. The van der Waals surface area contributed by atoms with E-state index < -0.39 is 5.97 Å². The second kappa shape index (κ2) is 4.11. The van der Waals surface area contributed by atoms with Crippen molar-refractivity contribution in [2.45, 2.75) is 19.3 Å². The van der Waals surface area contributed by atoms with E-state index in [4.69, 9.17) is 21.4 Å². The minimum Gasteiger partial charge on any atom is -0.491 e. The molecule has 0 amide bonds. The van der Waals surface area contributed by atoms with Gasteiger partial charge in [0.15, 0.2) is 0 Å². The summed E-state index contributed by atoms with van der Waals surface area (Å²) < 4.78 is 5.36. The summed E-state index contributed by atoms with van der Waals surface area (Å²) in [4.78, 5) is 10.4. The monoisotopic (exact) mass is 226 g/mol. The van der Waals surface area contributed by atoms with Crippen LogP contribution in [0.25, 0.3) is 0 Å². The van der Waals surface area contributed by atoms with E-state index in [0.29, 0.717) is 18.1 Å². The molecular formula is C11H11ClO3. The quantitative estimate of drug-likeness (QED) is 0.860. The summed E-state index contributed by atoms with van der Waals surface area (Å²) in [6.45, 7) is 0.664. The molecule has 0 bridgehead atoms. The number of carbonyl (C=O) groups is 1. The van der Waals surface area contributed by atoms with Crippen LogP contribution in [0.2, 0.25) is 5.02 Å². The number of carboxylic acids is 1. The lowest BCUT2D eigenvalue weighted by molar-refractivity contribution is -0.136. The van der Waals surface area contributed by atoms with Gasteiger partial charge in [0.1, 0.15) is 5.75 Å². The van der Waals surface area contributed by atoms with Gasteiger partial charge in [0.05, 0.1) is 11.6 Å². The van der Waals surface area contributed by atoms with Crippen LogP contribution in [-0.2, 0) is 17.6 Å². The molecule has 1 aromatic carbocycles. The van der Waals surface area contributed by atoms with Crippen LogP contribution in [0.3, 0.4) is 0 Å². The molecule has 0 atom stereocenters. The summed E-state index contributed by atoms with van der Waals surface area (Å²) >= 11 is 6.02. The van der Waals surface area contributed by atoms with Crippen LogP contribution < -0.4 is 4.74 Å². The highest BCUT2D eigenvalue weighted by Gasteiger charge is 2.16. The van der Waals surface area contributed by atoms with Gasteiger partial charge in [0.2, 0.25) is 0 Å². The number of hydrogen-bond donors (Lipinski definition) is 1. The van der Waals surface area contributed by atoms with Crippen molar-refractivity contribution in [2.24, 2.45) is 0 Å². The largest absolute Gasteiger partial charge is 0.491 e. The Bertz CT molecular complexity index is 401. The first kappa shape index (κ1) is 10.3.